The van der Waals surface area contributed by atoms with E-state index in [0.29, 0.717) is 29.8 Å². The standard InChI is InChI=1S/C22H38N6/c1-15(2)27-20-11-9-7-8-10-19(22(20)24-26-27)17(5)12-13-18(6)21-14-23-25-28(21)16(3)4/h14-19H,7-13H2,1-6H3. The van der Waals surface area contributed by atoms with Gasteiger partial charge >= 0.3 is 0 Å². The molecular weight excluding hydrogens is 348 g/mol. The Labute approximate surface area is 170 Å². The van der Waals surface area contributed by atoms with Crippen LogP contribution < -0.4 is 0 Å². The van der Waals surface area contributed by atoms with E-state index in [0.717, 1.165) is 12.8 Å². The Bertz CT molecular complexity index is 744. The zero-order valence-corrected chi connectivity index (χ0v) is 18.6. The lowest BCUT2D eigenvalue weighted by atomic mass is 9.79. The van der Waals surface area contributed by atoms with Crippen molar-refractivity contribution < 1.29 is 0 Å². The molecule has 3 atom stereocenters. The van der Waals surface area contributed by atoms with E-state index in [1.165, 1.54) is 49.2 Å². The predicted molar refractivity (Wildman–Crippen MR) is 113 cm³/mol. The molecule has 0 radical (unpaired) electrons. The molecule has 156 valence electrons. The minimum atomic E-state index is 0.358. The van der Waals surface area contributed by atoms with Gasteiger partial charge in [0.15, 0.2) is 0 Å². The van der Waals surface area contributed by atoms with Gasteiger partial charge in [0.1, 0.15) is 0 Å². The van der Waals surface area contributed by atoms with Crippen molar-refractivity contribution in [3.63, 3.8) is 0 Å². The number of nitrogens with zero attached hydrogens (tertiary/aromatic N) is 6. The third kappa shape index (κ3) is 4.47. The summed E-state index contributed by atoms with van der Waals surface area (Å²) < 4.78 is 4.23. The molecule has 1 aliphatic carbocycles. The second kappa shape index (κ2) is 9.19. The van der Waals surface area contributed by atoms with E-state index in [1.54, 1.807) is 0 Å². The lowest BCUT2D eigenvalue weighted by molar-refractivity contribution is 0.356. The first-order valence-electron chi connectivity index (χ1n) is 11.2. The van der Waals surface area contributed by atoms with E-state index in [-0.39, 0.29) is 0 Å². The van der Waals surface area contributed by atoms with Crippen molar-refractivity contribution in [2.24, 2.45) is 5.92 Å². The van der Waals surface area contributed by atoms with Gasteiger partial charge in [0.25, 0.3) is 0 Å². The van der Waals surface area contributed by atoms with Crippen molar-refractivity contribution in [1.29, 1.82) is 0 Å². The van der Waals surface area contributed by atoms with E-state index in [1.807, 2.05) is 6.20 Å². The summed E-state index contributed by atoms with van der Waals surface area (Å²) >= 11 is 0. The maximum Gasteiger partial charge on any atom is 0.0892 e. The van der Waals surface area contributed by atoms with Crippen LogP contribution in [-0.4, -0.2) is 30.0 Å². The van der Waals surface area contributed by atoms with Crippen LogP contribution in [0.4, 0.5) is 0 Å². The Kier molecular flexibility index (Phi) is 6.89. The summed E-state index contributed by atoms with van der Waals surface area (Å²) in [5.74, 6) is 1.61. The SMILES string of the molecule is CC(CCC(C)C1CCCCCc2c1nnn2C(C)C)c1cnnn1C(C)C. The van der Waals surface area contributed by atoms with E-state index in [9.17, 15) is 0 Å². The van der Waals surface area contributed by atoms with Crippen molar-refractivity contribution in [3.8, 4) is 0 Å². The molecular formula is C22H38N6. The Hall–Kier alpha value is -1.72. The summed E-state index contributed by atoms with van der Waals surface area (Å²) in [4.78, 5) is 0. The van der Waals surface area contributed by atoms with Gasteiger partial charge in [-0.1, -0.05) is 37.1 Å². The van der Waals surface area contributed by atoms with Crippen LogP contribution in [0.15, 0.2) is 6.20 Å². The van der Waals surface area contributed by atoms with Gasteiger partial charge in [0.2, 0.25) is 0 Å². The van der Waals surface area contributed by atoms with Gasteiger partial charge in [-0.05, 0) is 71.6 Å². The number of fused-ring (bicyclic) bond motifs is 1. The van der Waals surface area contributed by atoms with Gasteiger partial charge in [-0.3, -0.25) is 0 Å². The summed E-state index contributed by atoms with van der Waals surface area (Å²) in [5, 5.41) is 17.6. The van der Waals surface area contributed by atoms with Gasteiger partial charge in [-0.15, -0.1) is 10.2 Å². The Balaban J connectivity index is 1.71. The van der Waals surface area contributed by atoms with Crippen LogP contribution in [0.5, 0.6) is 0 Å². The molecule has 0 aromatic carbocycles. The van der Waals surface area contributed by atoms with Crippen LogP contribution in [-0.2, 0) is 6.42 Å². The first-order chi connectivity index (χ1) is 13.4. The normalized spacial score (nSPS) is 20.1. The zero-order chi connectivity index (χ0) is 20.3. The molecule has 0 spiro atoms. The van der Waals surface area contributed by atoms with Crippen LogP contribution >= 0.6 is 0 Å². The third-order valence-corrected chi connectivity index (χ3v) is 6.43. The van der Waals surface area contributed by atoms with Crippen molar-refractivity contribution in [3.05, 3.63) is 23.3 Å². The summed E-state index contributed by atoms with van der Waals surface area (Å²) in [6.45, 7) is 13.5. The number of hydrogen-bond acceptors (Lipinski definition) is 4. The molecule has 6 heteroatoms. The highest BCUT2D eigenvalue weighted by Gasteiger charge is 2.29. The molecule has 0 aliphatic heterocycles. The average Bonchev–Trinajstić information content (AvgIpc) is 3.27. The van der Waals surface area contributed by atoms with Crippen molar-refractivity contribution in [2.75, 3.05) is 0 Å². The van der Waals surface area contributed by atoms with Crippen molar-refractivity contribution in [2.45, 2.75) is 110 Å². The largest absolute Gasteiger partial charge is 0.247 e. The Morgan fingerprint density at radius 3 is 2.39 bits per heavy atom. The monoisotopic (exact) mass is 386 g/mol. The fourth-order valence-corrected chi connectivity index (χ4v) is 4.66. The molecule has 0 bridgehead atoms. The van der Waals surface area contributed by atoms with Gasteiger partial charge in [0, 0.05) is 18.0 Å². The van der Waals surface area contributed by atoms with Crippen molar-refractivity contribution in [1.82, 2.24) is 30.0 Å². The average molecular weight is 387 g/mol. The quantitative estimate of drug-likeness (QED) is 0.634. The molecule has 2 aromatic rings. The van der Waals surface area contributed by atoms with Gasteiger partial charge < -0.3 is 0 Å². The molecule has 3 unspecified atom stereocenters. The topological polar surface area (TPSA) is 61.4 Å². The fraction of sp³-hybridized carbons (Fsp3) is 0.818. The lowest BCUT2D eigenvalue weighted by Gasteiger charge is -2.27. The number of rotatable bonds is 7. The summed E-state index contributed by atoms with van der Waals surface area (Å²) in [6.07, 6.45) is 10.6. The molecule has 28 heavy (non-hydrogen) atoms. The number of aromatic nitrogens is 6. The zero-order valence-electron chi connectivity index (χ0n) is 18.6. The fourth-order valence-electron chi connectivity index (χ4n) is 4.66. The summed E-state index contributed by atoms with van der Waals surface area (Å²) in [7, 11) is 0. The van der Waals surface area contributed by atoms with Crippen molar-refractivity contribution >= 4 is 0 Å². The minimum Gasteiger partial charge on any atom is -0.247 e. The van der Waals surface area contributed by atoms with E-state index in [2.05, 4.69) is 71.5 Å². The summed E-state index contributed by atoms with van der Waals surface area (Å²) in [6, 6.07) is 0.743. The van der Waals surface area contributed by atoms with Crippen LogP contribution in [0.3, 0.4) is 0 Å². The molecule has 0 N–H and O–H groups in total. The molecule has 0 saturated heterocycles. The predicted octanol–water partition coefficient (Wildman–Crippen LogP) is 5.45. The Morgan fingerprint density at radius 1 is 0.929 bits per heavy atom. The van der Waals surface area contributed by atoms with Crippen LogP contribution in [0.1, 0.15) is 121 Å². The molecule has 3 rings (SSSR count). The third-order valence-electron chi connectivity index (χ3n) is 6.43. The van der Waals surface area contributed by atoms with Crippen LogP contribution in [0, 0.1) is 5.92 Å². The smallest absolute Gasteiger partial charge is 0.0892 e. The molecule has 0 amide bonds. The molecule has 1 aliphatic rings. The van der Waals surface area contributed by atoms with Gasteiger partial charge in [0.05, 0.1) is 23.3 Å². The number of hydrogen-bond donors (Lipinski definition) is 0. The molecule has 0 fully saturated rings. The highest BCUT2D eigenvalue weighted by atomic mass is 15.4. The minimum absolute atomic E-state index is 0.358. The lowest BCUT2D eigenvalue weighted by Crippen LogP contribution is -2.17. The van der Waals surface area contributed by atoms with Gasteiger partial charge in [-0.25, -0.2) is 9.36 Å². The molecule has 6 nitrogen and oxygen atoms in total. The maximum atomic E-state index is 4.69. The summed E-state index contributed by atoms with van der Waals surface area (Å²) in [5.41, 5.74) is 3.93. The molecule has 2 heterocycles. The maximum absolute atomic E-state index is 4.69. The molecule has 2 aromatic heterocycles. The first-order valence-corrected chi connectivity index (χ1v) is 11.2. The van der Waals surface area contributed by atoms with E-state index < -0.39 is 0 Å². The molecule has 0 saturated carbocycles. The van der Waals surface area contributed by atoms with Crippen LogP contribution in [0.25, 0.3) is 0 Å². The Morgan fingerprint density at radius 2 is 1.68 bits per heavy atom. The first kappa shape index (κ1) is 21.0. The second-order valence-electron chi connectivity index (χ2n) is 9.32. The van der Waals surface area contributed by atoms with Crippen LogP contribution in [0.2, 0.25) is 0 Å². The second-order valence-corrected chi connectivity index (χ2v) is 9.32. The highest BCUT2D eigenvalue weighted by Crippen LogP contribution is 2.37. The highest BCUT2D eigenvalue weighted by molar-refractivity contribution is 5.18. The van der Waals surface area contributed by atoms with Gasteiger partial charge in [-0.2, -0.15) is 0 Å². The van der Waals surface area contributed by atoms with E-state index >= 15 is 0 Å². The van der Waals surface area contributed by atoms with E-state index in [4.69, 9.17) is 0 Å².